The van der Waals surface area contributed by atoms with E-state index < -0.39 is 53.2 Å². The number of rotatable bonds is 6. The van der Waals surface area contributed by atoms with Crippen LogP contribution in [0.25, 0.3) is 0 Å². The molecule has 0 saturated carbocycles. The van der Waals surface area contributed by atoms with Gasteiger partial charge in [-0.3, -0.25) is 4.79 Å². The minimum absolute atomic E-state index is 0.423. The van der Waals surface area contributed by atoms with E-state index in [9.17, 15) is 66.3 Å². The molecule has 1 rings (SSSR count). The van der Waals surface area contributed by atoms with Crippen molar-refractivity contribution in [2.24, 2.45) is 0 Å². The topological polar surface area (TPSA) is 29.1 Å². The Morgan fingerprint density at radius 2 is 1.00 bits per heavy atom. The molecule has 0 radical (unpaired) electrons. The van der Waals surface area contributed by atoms with Crippen LogP contribution >= 0.6 is 0 Å². The summed E-state index contributed by atoms with van der Waals surface area (Å²) in [5, 5.41) is 0.784. The lowest BCUT2D eigenvalue weighted by atomic mass is 9.93. The number of nitrogens with one attached hydrogen (secondary N) is 1. The predicted octanol–water partition coefficient (Wildman–Crippen LogP) is 5.50. The van der Waals surface area contributed by atoms with Crippen molar-refractivity contribution in [3.05, 3.63) is 30.1 Å². The molecule has 0 aliphatic heterocycles. The van der Waals surface area contributed by atoms with Crippen LogP contribution in [0.4, 0.5) is 67.2 Å². The van der Waals surface area contributed by atoms with Crippen LogP contribution < -0.4 is 5.32 Å². The third-order valence-corrected chi connectivity index (χ3v) is 3.32. The Bertz CT molecular complexity index is 752. The molecule has 16 heteroatoms. The molecular formula is C13H5F14NO. The van der Waals surface area contributed by atoms with E-state index in [1.807, 2.05) is 0 Å². The highest BCUT2D eigenvalue weighted by atomic mass is 19.4. The third-order valence-electron chi connectivity index (χ3n) is 3.32. The van der Waals surface area contributed by atoms with Crippen LogP contribution in [0.3, 0.4) is 0 Å². The molecule has 0 bridgehead atoms. The summed E-state index contributed by atoms with van der Waals surface area (Å²) >= 11 is 0. The highest BCUT2D eigenvalue weighted by molar-refractivity contribution is 5.97. The van der Waals surface area contributed by atoms with Gasteiger partial charge in [0.05, 0.1) is 0 Å². The molecule has 0 aliphatic rings. The van der Waals surface area contributed by atoms with Gasteiger partial charge in [0.1, 0.15) is 5.82 Å². The van der Waals surface area contributed by atoms with Crippen molar-refractivity contribution >= 4 is 11.6 Å². The molecule has 29 heavy (non-hydrogen) atoms. The maximum absolute atomic E-state index is 13.5. The molecule has 2 nitrogen and oxygen atoms in total. The second kappa shape index (κ2) is 6.90. The number of amides is 1. The summed E-state index contributed by atoms with van der Waals surface area (Å²) in [6.45, 7) is 0. The fraction of sp³-hybridized carbons (Fsp3) is 0.462. The average molecular weight is 457 g/mol. The summed E-state index contributed by atoms with van der Waals surface area (Å²) < 4.78 is 180. The summed E-state index contributed by atoms with van der Waals surface area (Å²) in [4.78, 5) is 11.2. The summed E-state index contributed by atoms with van der Waals surface area (Å²) in [5.74, 6) is -43.2. The number of carbonyl (C=O) groups excluding carboxylic acids is 1. The normalized spacial score (nSPS) is 14.7. The van der Waals surface area contributed by atoms with E-state index in [0.29, 0.717) is 24.3 Å². The van der Waals surface area contributed by atoms with E-state index >= 15 is 0 Å². The number of halogens is 14. The molecule has 0 heterocycles. The zero-order valence-corrected chi connectivity index (χ0v) is 13.0. The van der Waals surface area contributed by atoms with Crippen LogP contribution in [0.5, 0.6) is 0 Å². The van der Waals surface area contributed by atoms with Crippen molar-refractivity contribution in [1.29, 1.82) is 0 Å². The van der Waals surface area contributed by atoms with Crippen molar-refractivity contribution in [3.8, 4) is 0 Å². The molecule has 0 spiro atoms. The van der Waals surface area contributed by atoms with Gasteiger partial charge in [0.15, 0.2) is 0 Å². The van der Waals surface area contributed by atoms with Crippen molar-refractivity contribution in [2.45, 2.75) is 35.8 Å². The molecule has 0 aromatic heterocycles. The van der Waals surface area contributed by atoms with Gasteiger partial charge in [-0.15, -0.1) is 0 Å². The lowest BCUT2D eigenvalue weighted by Gasteiger charge is -2.39. The minimum Gasteiger partial charge on any atom is -0.321 e. The van der Waals surface area contributed by atoms with E-state index in [-0.39, 0.29) is 0 Å². The van der Waals surface area contributed by atoms with Gasteiger partial charge >= 0.3 is 41.7 Å². The summed E-state index contributed by atoms with van der Waals surface area (Å²) in [5.41, 5.74) is -0.956. The molecule has 0 fully saturated rings. The number of hydrogen-bond acceptors (Lipinski definition) is 1. The minimum atomic E-state index is -8.10. The number of anilines is 1. The van der Waals surface area contributed by atoms with Gasteiger partial charge in [0, 0.05) is 5.69 Å². The quantitative estimate of drug-likeness (QED) is 0.562. The largest absolute Gasteiger partial charge is 0.460 e. The molecule has 0 aliphatic carbocycles. The Hall–Kier alpha value is -2.29. The van der Waals surface area contributed by atoms with Crippen LogP contribution in [-0.2, 0) is 4.79 Å². The first kappa shape index (κ1) is 24.7. The van der Waals surface area contributed by atoms with Crippen LogP contribution in [0.15, 0.2) is 24.3 Å². The Morgan fingerprint density at radius 3 is 1.38 bits per heavy atom. The monoisotopic (exact) mass is 457 g/mol. The van der Waals surface area contributed by atoms with E-state index in [1.54, 1.807) is 0 Å². The van der Waals surface area contributed by atoms with E-state index in [1.165, 1.54) is 0 Å². The van der Waals surface area contributed by atoms with Gasteiger partial charge in [0.25, 0.3) is 0 Å². The van der Waals surface area contributed by atoms with Crippen LogP contribution in [0, 0.1) is 5.82 Å². The molecule has 1 N–H and O–H groups in total. The standard InChI is InChI=1S/C13H5F14NO/c14-5-1-3-6(4-2-5)28-7(29)8(15,16)9(17,18)10(19,20)11(21,22)12(23,24)13(25,26)27/h1-4H,(H,28,29). The number of carbonyl (C=O) groups is 1. The second-order valence-corrected chi connectivity index (χ2v) is 5.33. The van der Waals surface area contributed by atoms with E-state index in [0.717, 1.165) is 5.32 Å². The lowest BCUT2D eigenvalue weighted by Crippen LogP contribution is -2.71. The average Bonchev–Trinajstić information content (AvgIpc) is 2.55. The molecule has 1 aromatic carbocycles. The van der Waals surface area contributed by atoms with E-state index in [2.05, 4.69) is 0 Å². The van der Waals surface area contributed by atoms with Gasteiger partial charge in [-0.1, -0.05) is 0 Å². The Labute approximate surface area is 150 Å². The first-order valence-corrected chi connectivity index (χ1v) is 6.67. The smallest absolute Gasteiger partial charge is 0.321 e. The van der Waals surface area contributed by atoms with Crippen LogP contribution in [0.2, 0.25) is 0 Å². The molecule has 1 amide bonds. The van der Waals surface area contributed by atoms with Gasteiger partial charge in [-0.05, 0) is 24.3 Å². The third kappa shape index (κ3) is 3.68. The first-order valence-electron chi connectivity index (χ1n) is 6.67. The summed E-state index contributed by atoms with van der Waals surface area (Å²) in [6, 6.07) is 1.73. The van der Waals surface area contributed by atoms with Crippen molar-refractivity contribution < 1.29 is 66.3 Å². The SMILES string of the molecule is O=C(Nc1ccc(F)cc1)C(F)(F)C(F)(F)C(F)(F)C(F)(F)C(F)(F)C(F)(F)F. The Balaban J connectivity index is 3.37. The fourth-order valence-corrected chi connectivity index (χ4v) is 1.65. The summed E-state index contributed by atoms with van der Waals surface area (Å²) in [7, 11) is 0. The van der Waals surface area contributed by atoms with Crippen LogP contribution in [0.1, 0.15) is 0 Å². The molecule has 0 saturated heterocycles. The molecule has 166 valence electrons. The van der Waals surface area contributed by atoms with Crippen molar-refractivity contribution in [1.82, 2.24) is 0 Å². The molecule has 0 unspecified atom stereocenters. The summed E-state index contributed by atoms with van der Waals surface area (Å²) in [6.07, 6.45) is -7.54. The van der Waals surface area contributed by atoms with E-state index in [4.69, 9.17) is 0 Å². The number of alkyl halides is 13. The molecule has 0 atom stereocenters. The van der Waals surface area contributed by atoms with Crippen molar-refractivity contribution in [3.63, 3.8) is 0 Å². The maximum Gasteiger partial charge on any atom is 0.460 e. The van der Waals surface area contributed by atoms with Gasteiger partial charge in [-0.2, -0.15) is 57.1 Å². The highest BCUT2D eigenvalue weighted by Gasteiger charge is 2.91. The van der Waals surface area contributed by atoms with Crippen LogP contribution in [-0.4, -0.2) is 41.7 Å². The zero-order chi connectivity index (χ0) is 23.3. The Kier molecular flexibility index (Phi) is 5.89. The zero-order valence-electron chi connectivity index (χ0n) is 13.0. The maximum atomic E-state index is 13.5. The van der Waals surface area contributed by atoms with Crippen molar-refractivity contribution in [2.75, 3.05) is 5.32 Å². The Morgan fingerprint density at radius 1 is 0.621 bits per heavy atom. The molecular weight excluding hydrogens is 452 g/mol. The van der Waals surface area contributed by atoms with Gasteiger partial charge in [-0.25, -0.2) is 4.39 Å². The molecule has 1 aromatic rings. The fourth-order valence-electron chi connectivity index (χ4n) is 1.65. The number of benzene rings is 1. The van der Waals surface area contributed by atoms with Gasteiger partial charge < -0.3 is 5.32 Å². The second-order valence-electron chi connectivity index (χ2n) is 5.33. The van der Waals surface area contributed by atoms with Gasteiger partial charge in [0.2, 0.25) is 0 Å². The predicted molar refractivity (Wildman–Crippen MR) is 65.8 cm³/mol. The number of hydrogen-bond donors (Lipinski definition) is 1. The lowest BCUT2D eigenvalue weighted by molar-refractivity contribution is -0.435. The highest BCUT2D eigenvalue weighted by Crippen LogP contribution is 2.60. The first-order chi connectivity index (χ1) is 12.6.